The van der Waals surface area contributed by atoms with Crippen LogP contribution in [0.3, 0.4) is 0 Å². The minimum Gasteiger partial charge on any atom is -0.329 e. The molecule has 1 aromatic rings. The first kappa shape index (κ1) is 13.4. The van der Waals surface area contributed by atoms with Gasteiger partial charge in [-0.05, 0) is 37.9 Å². The lowest BCUT2D eigenvalue weighted by molar-refractivity contribution is 0.129. The van der Waals surface area contributed by atoms with E-state index in [2.05, 4.69) is 21.8 Å². The lowest BCUT2D eigenvalue weighted by atomic mass is 9.91. The Morgan fingerprint density at radius 2 is 2.22 bits per heavy atom. The van der Waals surface area contributed by atoms with Crippen LogP contribution in [0.1, 0.15) is 44.3 Å². The van der Waals surface area contributed by atoms with Crippen LogP contribution in [-0.4, -0.2) is 34.5 Å². The molecule has 1 aliphatic rings. The number of hydrogen-bond acceptors (Lipinski definition) is 4. The summed E-state index contributed by atoms with van der Waals surface area (Å²) in [6.07, 6.45) is 8.69. The summed E-state index contributed by atoms with van der Waals surface area (Å²) in [4.78, 5) is 10.8. The van der Waals surface area contributed by atoms with Crippen LogP contribution in [0.4, 0.5) is 0 Å². The van der Waals surface area contributed by atoms with Crippen LogP contribution in [-0.2, 0) is 0 Å². The van der Waals surface area contributed by atoms with Gasteiger partial charge in [0.1, 0.15) is 6.33 Å². The summed E-state index contributed by atoms with van der Waals surface area (Å²) in [6, 6.07) is 2.24. The molecule has 0 aromatic carbocycles. The van der Waals surface area contributed by atoms with Crippen molar-refractivity contribution < 1.29 is 0 Å². The maximum atomic E-state index is 5.93. The summed E-state index contributed by atoms with van der Waals surface area (Å²) in [7, 11) is 0. The van der Waals surface area contributed by atoms with Gasteiger partial charge in [-0.25, -0.2) is 9.97 Å². The summed E-state index contributed by atoms with van der Waals surface area (Å²) in [5, 5.41) is 0. The van der Waals surface area contributed by atoms with Crippen molar-refractivity contribution in [3.05, 3.63) is 24.3 Å². The molecule has 1 saturated heterocycles. The minimum absolute atomic E-state index is 0.260. The first-order valence-corrected chi connectivity index (χ1v) is 7.05. The Morgan fingerprint density at radius 1 is 1.44 bits per heavy atom. The Hall–Kier alpha value is -1.00. The molecular formula is C14H24N4. The normalized spacial score (nSPS) is 19.9. The van der Waals surface area contributed by atoms with Gasteiger partial charge in [-0.1, -0.05) is 19.8 Å². The third kappa shape index (κ3) is 3.27. The van der Waals surface area contributed by atoms with Gasteiger partial charge in [-0.2, -0.15) is 0 Å². The molecule has 18 heavy (non-hydrogen) atoms. The van der Waals surface area contributed by atoms with Gasteiger partial charge in [0.25, 0.3) is 0 Å². The van der Waals surface area contributed by atoms with Crippen LogP contribution >= 0.6 is 0 Å². The second kappa shape index (κ2) is 6.81. The number of likely N-dealkylation sites (tertiary alicyclic amines) is 1. The van der Waals surface area contributed by atoms with E-state index >= 15 is 0 Å². The average Bonchev–Trinajstić information content (AvgIpc) is 2.43. The lowest BCUT2D eigenvalue weighted by Crippen LogP contribution is -2.40. The highest BCUT2D eigenvalue weighted by molar-refractivity contribution is 5.06. The van der Waals surface area contributed by atoms with E-state index in [0.29, 0.717) is 6.54 Å². The van der Waals surface area contributed by atoms with E-state index in [1.54, 1.807) is 12.5 Å². The molecule has 1 fully saturated rings. The highest BCUT2D eigenvalue weighted by atomic mass is 15.2. The number of hydrogen-bond donors (Lipinski definition) is 1. The third-order valence-corrected chi connectivity index (χ3v) is 3.96. The Morgan fingerprint density at radius 3 is 2.78 bits per heavy atom. The third-order valence-electron chi connectivity index (χ3n) is 3.96. The first-order chi connectivity index (χ1) is 8.85. The van der Waals surface area contributed by atoms with Gasteiger partial charge in [0.2, 0.25) is 0 Å². The van der Waals surface area contributed by atoms with Crippen LogP contribution in [0.2, 0.25) is 0 Å². The number of piperidine rings is 1. The zero-order valence-electron chi connectivity index (χ0n) is 11.3. The van der Waals surface area contributed by atoms with Crippen LogP contribution in [0, 0.1) is 5.92 Å². The Kier molecular flexibility index (Phi) is 5.08. The predicted molar refractivity (Wildman–Crippen MR) is 73.0 cm³/mol. The molecular weight excluding hydrogens is 224 g/mol. The fraction of sp³-hybridized carbons (Fsp3) is 0.714. The molecule has 4 heteroatoms. The monoisotopic (exact) mass is 248 g/mol. The molecule has 0 spiro atoms. The Labute approximate surface area is 110 Å². The highest BCUT2D eigenvalue weighted by Gasteiger charge is 2.25. The van der Waals surface area contributed by atoms with E-state index in [0.717, 1.165) is 24.7 Å². The maximum absolute atomic E-state index is 5.93. The standard InChI is InChI=1S/C14H24N4/c1-2-3-12-5-8-18(9-6-12)14(10-15)13-4-7-16-11-17-13/h4,7,11-12,14H,2-3,5-6,8-10,15H2,1H3. The van der Waals surface area contributed by atoms with Crippen molar-refractivity contribution in [1.29, 1.82) is 0 Å². The lowest BCUT2D eigenvalue weighted by Gasteiger charge is -2.36. The zero-order valence-corrected chi connectivity index (χ0v) is 11.3. The minimum atomic E-state index is 0.260. The fourth-order valence-electron chi connectivity index (χ4n) is 2.92. The summed E-state index contributed by atoms with van der Waals surface area (Å²) in [5.74, 6) is 0.912. The molecule has 1 unspecified atom stereocenters. The maximum Gasteiger partial charge on any atom is 0.115 e. The largest absolute Gasteiger partial charge is 0.329 e. The molecule has 0 radical (unpaired) electrons. The van der Waals surface area contributed by atoms with E-state index in [1.807, 2.05) is 6.07 Å². The predicted octanol–water partition coefficient (Wildman–Crippen LogP) is 1.99. The molecule has 0 aliphatic carbocycles. The first-order valence-electron chi connectivity index (χ1n) is 7.05. The number of aromatic nitrogens is 2. The molecule has 2 heterocycles. The fourth-order valence-corrected chi connectivity index (χ4v) is 2.92. The van der Waals surface area contributed by atoms with Crippen LogP contribution in [0.15, 0.2) is 18.6 Å². The van der Waals surface area contributed by atoms with Gasteiger partial charge in [0, 0.05) is 12.7 Å². The zero-order chi connectivity index (χ0) is 12.8. The molecule has 1 aromatic heterocycles. The second-order valence-corrected chi connectivity index (χ2v) is 5.15. The van der Waals surface area contributed by atoms with Crippen molar-refractivity contribution in [2.75, 3.05) is 19.6 Å². The number of nitrogens with two attached hydrogens (primary N) is 1. The molecule has 0 amide bonds. The van der Waals surface area contributed by atoms with E-state index in [1.165, 1.54) is 25.7 Å². The molecule has 1 atom stereocenters. The van der Waals surface area contributed by atoms with Crippen molar-refractivity contribution in [3.8, 4) is 0 Å². The van der Waals surface area contributed by atoms with E-state index < -0.39 is 0 Å². The molecule has 2 rings (SSSR count). The summed E-state index contributed by atoms with van der Waals surface area (Å²) in [6.45, 7) is 5.21. The van der Waals surface area contributed by atoms with Crippen molar-refractivity contribution in [1.82, 2.24) is 14.9 Å². The molecule has 4 nitrogen and oxygen atoms in total. The molecule has 1 aliphatic heterocycles. The quantitative estimate of drug-likeness (QED) is 0.866. The molecule has 100 valence electrons. The highest BCUT2D eigenvalue weighted by Crippen LogP contribution is 2.27. The Bertz CT molecular complexity index is 333. The van der Waals surface area contributed by atoms with Crippen LogP contribution < -0.4 is 5.73 Å². The van der Waals surface area contributed by atoms with Crippen molar-refractivity contribution in [2.24, 2.45) is 11.7 Å². The van der Waals surface area contributed by atoms with Gasteiger partial charge in [0.15, 0.2) is 0 Å². The van der Waals surface area contributed by atoms with E-state index in [-0.39, 0.29) is 6.04 Å². The topological polar surface area (TPSA) is 55.0 Å². The van der Waals surface area contributed by atoms with Crippen LogP contribution in [0.25, 0.3) is 0 Å². The number of nitrogens with zero attached hydrogens (tertiary/aromatic N) is 3. The van der Waals surface area contributed by atoms with Gasteiger partial charge in [-0.3, -0.25) is 4.90 Å². The summed E-state index contributed by atoms with van der Waals surface area (Å²) < 4.78 is 0. The molecule has 2 N–H and O–H groups in total. The molecule has 0 bridgehead atoms. The Balaban J connectivity index is 1.95. The SMILES string of the molecule is CCCC1CCN(C(CN)c2ccncn2)CC1. The summed E-state index contributed by atoms with van der Waals surface area (Å²) in [5.41, 5.74) is 6.98. The van der Waals surface area contributed by atoms with Gasteiger partial charge in [-0.15, -0.1) is 0 Å². The average molecular weight is 248 g/mol. The van der Waals surface area contributed by atoms with E-state index in [9.17, 15) is 0 Å². The van der Waals surface area contributed by atoms with E-state index in [4.69, 9.17) is 5.73 Å². The molecule has 0 saturated carbocycles. The van der Waals surface area contributed by atoms with Gasteiger partial charge in [0.05, 0.1) is 11.7 Å². The van der Waals surface area contributed by atoms with Crippen LogP contribution in [0.5, 0.6) is 0 Å². The summed E-state index contributed by atoms with van der Waals surface area (Å²) >= 11 is 0. The smallest absolute Gasteiger partial charge is 0.115 e. The van der Waals surface area contributed by atoms with Gasteiger partial charge < -0.3 is 5.73 Å². The van der Waals surface area contributed by atoms with Gasteiger partial charge >= 0.3 is 0 Å². The van der Waals surface area contributed by atoms with Crippen molar-refractivity contribution >= 4 is 0 Å². The van der Waals surface area contributed by atoms with Crippen molar-refractivity contribution in [3.63, 3.8) is 0 Å². The number of rotatable bonds is 5. The van der Waals surface area contributed by atoms with Crippen molar-refractivity contribution in [2.45, 2.75) is 38.6 Å². The second-order valence-electron chi connectivity index (χ2n) is 5.15.